The molecule has 1 N–H and O–H groups in total. The molecule has 0 aliphatic heterocycles. The predicted molar refractivity (Wildman–Crippen MR) is 77.2 cm³/mol. The summed E-state index contributed by atoms with van der Waals surface area (Å²) < 4.78 is 19.1. The highest BCUT2D eigenvalue weighted by molar-refractivity contribution is 5.31. The smallest absolute Gasteiger partial charge is 0.165 e. The van der Waals surface area contributed by atoms with Gasteiger partial charge in [0.25, 0.3) is 0 Å². The summed E-state index contributed by atoms with van der Waals surface area (Å²) in [5.74, 6) is 0.0544. The van der Waals surface area contributed by atoms with Crippen molar-refractivity contribution in [1.29, 1.82) is 0 Å². The van der Waals surface area contributed by atoms with Crippen LogP contribution in [0, 0.1) is 5.82 Å². The molecule has 1 rings (SSSR count). The molecule has 0 saturated heterocycles. The van der Waals surface area contributed by atoms with E-state index >= 15 is 0 Å². The van der Waals surface area contributed by atoms with Gasteiger partial charge in [0.05, 0.1) is 6.61 Å². The molecule has 1 aromatic rings. The largest absolute Gasteiger partial charge is 0.491 e. The second-order valence-electron chi connectivity index (χ2n) is 4.85. The summed E-state index contributed by atoms with van der Waals surface area (Å²) in [7, 11) is 6.00. The summed E-state index contributed by atoms with van der Waals surface area (Å²) in [6, 6.07) is 5.51. The monoisotopic (exact) mass is 268 g/mol. The van der Waals surface area contributed by atoms with Gasteiger partial charge in [-0.1, -0.05) is 6.07 Å². The van der Waals surface area contributed by atoms with Crippen LogP contribution in [0.3, 0.4) is 0 Å². The van der Waals surface area contributed by atoms with Crippen LogP contribution < -0.4 is 10.1 Å². The Morgan fingerprint density at radius 2 is 2.11 bits per heavy atom. The van der Waals surface area contributed by atoms with Crippen molar-refractivity contribution in [2.24, 2.45) is 0 Å². The lowest BCUT2D eigenvalue weighted by atomic mass is 10.0. The fourth-order valence-electron chi connectivity index (χ4n) is 2.19. The Labute approximate surface area is 115 Å². The van der Waals surface area contributed by atoms with Gasteiger partial charge in [-0.3, -0.25) is 0 Å². The molecule has 0 spiro atoms. The molecule has 0 amide bonds. The molecule has 0 fully saturated rings. The first-order valence-corrected chi connectivity index (χ1v) is 6.83. The lowest BCUT2D eigenvalue weighted by Gasteiger charge is -2.25. The van der Waals surface area contributed by atoms with Crippen molar-refractivity contribution >= 4 is 0 Å². The van der Waals surface area contributed by atoms with Crippen molar-refractivity contribution in [3.8, 4) is 5.75 Å². The highest BCUT2D eigenvalue weighted by Gasteiger charge is 2.15. The van der Waals surface area contributed by atoms with Crippen molar-refractivity contribution in [1.82, 2.24) is 10.2 Å². The van der Waals surface area contributed by atoms with E-state index in [1.54, 1.807) is 12.1 Å². The number of hydrogen-bond acceptors (Lipinski definition) is 3. The van der Waals surface area contributed by atoms with Crippen LogP contribution in [0.2, 0.25) is 0 Å². The van der Waals surface area contributed by atoms with Gasteiger partial charge < -0.3 is 15.0 Å². The van der Waals surface area contributed by atoms with E-state index in [-0.39, 0.29) is 11.9 Å². The Hall–Kier alpha value is -1.13. The Bertz CT molecular complexity index is 382. The molecule has 0 saturated carbocycles. The van der Waals surface area contributed by atoms with Crippen LogP contribution in [-0.4, -0.2) is 39.2 Å². The third-order valence-electron chi connectivity index (χ3n) is 3.17. The highest BCUT2D eigenvalue weighted by Crippen LogP contribution is 2.27. The van der Waals surface area contributed by atoms with Crippen LogP contribution >= 0.6 is 0 Å². The molecular formula is C15H25FN2O. The van der Waals surface area contributed by atoms with E-state index in [0.29, 0.717) is 12.4 Å². The molecule has 108 valence electrons. The minimum atomic E-state index is -0.278. The summed E-state index contributed by atoms with van der Waals surface area (Å²) >= 11 is 0. The fraction of sp³-hybridized carbons (Fsp3) is 0.600. The SMILES string of the molecule is CCOc1ccc(C(CCCNC)N(C)C)cc1F. The maximum absolute atomic E-state index is 13.9. The third-order valence-corrected chi connectivity index (χ3v) is 3.17. The zero-order valence-corrected chi connectivity index (χ0v) is 12.4. The Morgan fingerprint density at radius 3 is 2.63 bits per heavy atom. The summed E-state index contributed by atoms with van der Waals surface area (Å²) in [5.41, 5.74) is 1.00. The van der Waals surface area contributed by atoms with E-state index in [4.69, 9.17) is 4.74 Å². The van der Waals surface area contributed by atoms with Crippen LogP contribution in [0.5, 0.6) is 5.75 Å². The molecular weight excluding hydrogens is 243 g/mol. The first-order chi connectivity index (χ1) is 9.10. The maximum Gasteiger partial charge on any atom is 0.165 e. The first kappa shape index (κ1) is 15.9. The third kappa shape index (κ3) is 4.80. The standard InChI is InChI=1S/C15H25FN2O/c1-5-19-15-9-8-12(11-13(15)16)14(18(3)4)7-6-10-17-2/h8-9,11,14,17H,5-7,10H2,1-4H3. The normalized spacial score (nSPS) is 12.7. The average Bonchev–Trinajstić information content (AvgIpc) is 2.37. The van der Waals surface area contributed by atoms with E-state index in [1.807, 2.05) is 34.1 Å². The fourth-order valence-corrected chi connectivity index (χ4v) is 2.19. The van der Waals surface area contributed by atoms with E-state index < -0.39 is 0 Å². The predicted octanol–water partition coefficient (Wildman–Crippen LogP) is 2.83. The van der Waals surface area contributed by atoms with Crippen LogP contribution in [-0.2, 0) is 0 Å². The molecule has 0 aliphatic carbocycles. The zero-order valence-electron chi connectivity index (χ0n) is 12.4. The van der Waals surface area contributed by atoms with E-state index in [9.17, 15) is 4.39 Å². The molecule has 0 aromatic heterocycles. The molecule has 19 heavy (non-hydrogen) atoms. The van der Waals surface area contributed by atoms with E-state index in [2.05, 4.69) is 10.2 Å². The minimum absolute atomic E-state index is 0.235. The topological polar surface area (TPSA) is 24.5 Å². The van der Waals surface area contributed by atoms with Gasteiger partial charge >= 0.3 is 0 Å². The summed E-state index contributed by atoms with van der Waals surface area (Å²) in [6.07, 6.45) is 2.06. The number of nitrogens with one attached hydrogen (secondary N) is 1. The number of halogens is 1. The molecule has 0 bridgehead atoms. The van der Waals surface area contributed by atoms with E-state index in [1.165, 1.54) is 0 Å². The first-order valence-electron chi connectivity index (χ1n) is 6.83. The van der Waals surface area contributed by atoms with E-state index in [0.717, 1.165) is 24.9 Å². The van der Waals surface area contributed by atoms with Gasteiger partial charge in [0.1, 0.15) is 0 Å². The summed E-state index contributed by atoms with van der Waals surface area (Å²) in [6.45, 7) is 3.31. The Kier molecular flexibility index (Phi) is 6.81. The zero-order chi connectivity index (χ0) is 14.3. The number of hydrogen-bond donors (Lipinski definition) is 1. The molecule has 0 radical (unpaired) electrons. The number of rotatable bonds is 8. The Morgan fingerprint density at radius 1 is 1.37 bits per heavy atom. The lowest BCUT2D eigenvalue weighted by molar-refractivity contribution is 0.276. The molecule has 1 aromatic carbocycles. The van der Waals surface area contributed by atoms with Gasteiger partial charge in [-0.15, -0.1) is 0 Å². The van der Waals surface area contributed by atoms with Crippen LogP contribution in [0.25, 0.3) is 0 Å². The second-order valence-corrected chi connectivity index (χ2v) is 4.85. The van der Waals surface area contributed by atoms with Crippen molar-refractivity contribution in [2.45, 2.75) is 25.8 Å². The average molecular weight is 268 g/mol. The number of ether oxygens (including phenoxy) is 1. The molecule has 0 heterocycles. The summed E-state index contributed by atoms with van der Waals surface area (Å²) in [5, 5.41) is 3.14. The van der Waals surface area contributed by atoms with Gasteiger partial charge in [-0.2, -0.15) is 0 Å². The second kappa shape index (κ2) is 8.12. The van der Waals surface area contributed by atoms with Gasteiger partial charge in [-0.25, -0.2) is 4.39 Å². The van der Waals surface area contributed by atoms with Crippen molar-refractivity contribution in [3.63, 3.8) is 0 Å². The minimum Gasteiger partial charge on any atom is -0.491 e. The van der Waals surface area contributed by atoms with Crippen molar-refractivity contribution in [2.75, 3.05) is 34.3 Å². The highest BCUT2D eigenvalue weighted by atomic mass is 19.1. The molecule has 0 aliphatic rings. The van der Waals surface area contributed by atoms with Gasteiger partial charge in [0.15, 0.2) is 11.6 Å². The van der Waals surface area contributed by atoms with Crippen molar-refractivity contribution in [3.05, 3.63) is 29.6 Å². The van der Waals surface area contributed by atoms with Crippen LogP contribution in [0.15, 0.2) is 18.2 Å². The number of benzene rings is 1. The Balaban J connectivity index is 2.81. The lowest BCUT2D eigenvalue weighted by Crippen LogP contribution is -2.21. The molecule has 1 unspecified atom stereocenters. The number of nitrogens with zero attached hydrogens (tertiary/aromatic N) is 1. The van der Waals surface area contributed by atoms with Crippen LogP contribution in [0.4, 0.5) is 4.39 Å². The quantitative estimate of drug-likeness (QED) is 0.734. The maximum atomic E-state index is 13.9. The van der Waals surface area contributed by atoms with Crippen LogP contribution in [0.1, 0.15) is 31.4 Å². The molecule has 4 heteroatoms. The van der Waals surface area contributed by atoms with Crippen molar-refractivity contribution < 1.29 is 9.13 Å². The molecule has 1 atom stereocenters. The van der Waals surface area contributed by atoms with Gasteiger partial charge in [0.2, 0.25) is 0 Å². The van der Waals surface area contributed by atoms with Gasteiger partial charge in [0, 0.05) is 6.04 Å². The summed E-state index contributed by atoms with van der Waals surface area (Å²) in [4.78, 5) is 2.13. The van der Waals surface area contributed by atoms with Gasteiger partial charge in [-0.05, 0) is 65.1 Å². The molecule has 3 nitrogen and oxygen atoms in total.